The van der Waals surface area contributed by atoms with E-state index in [0.29, 0.717) is 41.3 Å². The highest BCUT2D eigenvalue weighted by Gasteiger charge is 2.33. The molecule has 0 spiro atoms. The van der Waals surface area contributed by atoms with E-state index in [4.69, 9.17) is 14.2 Å². The van der Waals surface area contributed by atoms with E-state index in [0.717, 1.165) is 23.3 Å². The number of aryl methyl sites for hydroxylation is 1. The van der Waals surface area contributed by atoms with Gasteiger partial charge in [-0.2, -0.15) is 13.2 Å². The SMILES string of the molecule is CCOC(=O)COc1ccc(C)c(CCOc2cccc3c2CN(c2ccc(C(F)(F)F)cc2)C3=O)c1. The maximum Gasteiger partial charge on any atom is 0.416 e. The molecule has 4 rings (SSSR count). The molecule has 0 bridgehead atoms. The second kappa shape index (κ2) is 10.9. The molecule has 3 aromatic rings. The van der Waals surface area contributed by atoms with E-state index in [-0.39, 0.29) is 25.7 Å². The molecule has 1 aliphatic rings. The van der Waals surface area contributed by atoms with Crippen molar-refractivity contribution in [2.45, 2.75) is 33.0 Å². The van der Waals surface area contributed by atoms with Crippen LogP contribution in [0.25, 0.3) is 0 Å². The summed E-state index contributed by atoms with van der Waals surface area (Å²) in [7, 11) is 0. The number of fused-ring (bicyclic) bond motifs is 1. The standard InChI is InChI=1S/C28H26F3NO5/c1-3-35-26(33)17-37-22-12-7-18(2)19(15-22)13-14-36-25-6-4-5-23-24(25)16-32(27(23)34)21-10-8-20(9-11-21)28(29,30)31/h4-12,15H,3,13-14,16-17H2,1-2H3. The van der Waals surface area contributed by atoms with Gasteiger partial charge >= 0.3 is 12.1 Å². The van der Waals surface area contributed by atoms with Gasteiger partial charge in [-0.3, -0.25) is 4.79 Å². The first-order valence-corrected chi connectivity index (χ1v) is 11.8. The molecule has 37 heavy (non-hydrogen) atoms. The van der Waals surface area contributed by atoms with Gasteiger partial charge in [0.05, 0.1) is 25.3 Å². The van der Waals surface area contributed by atoms with Gasteiger partial charge in [0.15, 0.2) is 6.61 Å². The first-order valence-electron chi connectivity index (χ1n) is 11.8. The van der Waals surface area contributed by atoms with Crippen molar-refractivity contribution in [3.63, 3.8) is 0 Å². The topological polar surface area (TPSA) is 65.1 Å². The summed E-state index contributed by atoms with van der Waals surface area (Å²) in [6.07, 6.45) is -3.88. The van der Waals surface area contributed by atoms with E-state index in [2.05, 4.69) is 0 Å². The van der Waals surface area contributed by atoms with Crippen LogP contribution >= 0.6 is 0 Å². The zero-order chi connectivity index (χ0) is 26.6. The summed E-state index contributed by atoms with van der Waals surface area (Å²) in [5.41, 5.74) is 2.79. The number of ether oxygens (including phenoxy) is 3. The molecule has 0 N–H and O–H groups in total. The lowest BCUT2D eigenvalue weighted by Crippen LogP contribution is -2.23. The summed E-state index contributed by atoms with van der Waals surface area (Å²) in [5.74, 6) is 0.368. The zero-order valence-corrected chi connectivity index (χ0v) is 20.4. The highest BCUT2D eigenvalue weighted by Crippen LogP contribution is 2.36. The Labute approximate surface area is 212 Å². The van der Waals surface area contributed by atoms with Crippen molar-refractivity contribution in [3.05, 3.63) is 88.5 Å². The van der Waals surface area contributed by atoms with Gasteiger partial charge in [0.1, 0.15) is 11.5 Å². The number of rotatable bonds is 9. The van der Waals surface area contributed by atoms with Crippen LogP contribution in [0.1, 0.15) is 39.5 Å². The summed E-state index contributed by atoms with van der Waals surface area (Å²) >= 11 is 0. The molecule has 0 saturated heterocycles. The van der Waals surface area contributed by atoms with Crippen LogP contribution in [0.15, 0.2) is 60.7 Å². The lowest BCUT2D eigenvalue weighted by atomic mass is 10.1. The normalized spacial score (nSPS) is 12.9. The number of halogens is 3. The Balaban J connectivity index is 1.41. The van der Waals surface area contributed by atoms with Crippen LogP contribution < -0.4 is 14.4 Å². The van der Waals surface area contributed by atoms with Crippen LogP contribution in [0.3, 0.4) is 0 Å². The Morgan fingerprint density at radius 1 is 1.03 bits per heavy atom. The Hall–Kier alpha value is -4.01. The van der Waals surface area contributed by atoms with E-state index in [1.807, 2.05) is 19.1 Å². The number of anilines is 1. The van der Waals surface area contributed by atoms with Crippen molar-refractivity contribution in [2.75, 3.05) is 24.7 Å². The zero-order valence-electron chi connectivity index (χ0n) is 20.4. The third-order valence-corrected chi connectivity index (χ3v) is 6.04. The number of carbonyl (C=O) groups is 2. The molecule has 9 heteroatoms. The summed E-state index contributed by atoms with van der Waals surface area (Å²) in [5, 5.41) is 0. The average molecular weight is 514 g/mol. The van der Waals surface area contributed by atoms with Crippen LogP contribution in [0.5, 0.6) is 11.5 Å². The van der Waals surface area contributed by atoms with Gasteiger partial charge in [0, 0.05) is 23.2 Å². The Kier molecular flexibility index (Phi) is 7.71. The minimum absolute atomic E-state index is 0.174. The molecular formula is C28H26F3NO5. The molecule has 1 amide bonds. The maximum absolute atomic E-state index is 13.0. The van der Waals surface area contributed by atoms with Crippen molar-refractivity contribution < 1.29 is 37.0 Å². The fraction of sp³-hybridized carbons (Fsp3) is 0.286. The van der Waals surface area contributed by atoms with E-state index in [9.17, 15) is 22.8 Å². The second-order valence-electron chi connectivity index (χ2n) is 8.50. The molecule has 0 fully saturated rings. The van der Waals surface area contributed by atoms with Gasteiger partial charge in [-0.05, 0) is 73.5 Å². The van der Waals surface area contributed by atoms with E-state index >= 15 is 0 Å². The quantitative estimate of drug-likeness (QED) is 0.342. The molecular weight excluding hydrogens is 487 g/mol. The average Bonchev–Trinajstić information content (AvgIpc) is 3.21. The van der Waals surface area contributed by atoms with Gasteiger partial charge in [-0.15, -0.1) is 0 Å². The molecule has 1 aliphatic heterocycles. The number of benzene rings is 3. The van der Waals surface area contributed by atoms with Crippen molar-refractivity contribution in [3.8, 4) is 11.5 Å². The van der Waals surface area contributed by atoms with Gasteiger partial charge in [0.25, 0.3) is 5.91 Å². The first-order chi connectivity index (χ1) is 17.7. The highest BCUT2D eigenvalue weighted by molar-refractivity contribution is 6.10. The molecule has 0 radical (unpaired) electrons. The molecule has 0 unspecified atom stereocenters. The number of carbonyl (C=O) groups excluding carboxylic acids is 2. The lowest BCUT2D eigenvalue weighted by Gasteiger charge is -2.17. The van der Waals surface area contributed by atoms with Crippen molar-refractivity contribution in [1.29, 1.82) is 0 Å². The maximum atomic E-state index is 13.0. The Bertz CT molecular complexity index is 1290. The first kappa shape index (κ1) is 26.1. The summed E-state index contributed by atoms with van der Waals surface area (Å²) in [4.78, 5) is 25.9. The molecule has 0 atom stereocenters. The van der Waals surface area contributed by atoms with Crippen molar-refractivity contribution >= 4 is 17.6 Å². The molecule has 0 aromatic heterocycles. The van der Waals surface area contributed by atoms with Gasteiger partial charge in [-0.1, -0.05) is 12.1 Å². The summed E-state index contributed by atoms with van der Waals surface area (Å²) in [6, 6.07) is 15.2. The monoisotopic (exact) mass is 513 g/mol. The summed E-state index contributed by atoms with van der Waals surface area (Å²) in [6.45, 7) is 4.33. The third-order valence-electron chi connectivity index (χ3n) is 6.04. The molecule has 1 heterocycles. The van der Waals surface area contributed by atoms with Crippen LogP contribution in [0, 0.1) is 6.92 Å². The fourth-order valence-corrected chi connectivity index (χ4v) is 4.10. The lowest BCUT2D eigenvalue weighted by molar-refractivity contribution is -0.145. The van der Waals surface area contributed by atoms with Crippen LogP contribution in [-0.2, 0) is 28.7 Å². The molecule has 0 aliphatic carbocycles. The van der Waals surface area contributed by atoms with Crippen molar-refractivity contribution in [1.82, 2.24) is 0 Å². The minimum Gasteiger partial charge on any atom is -0.493 e. The van der Waals surface area contributed by atoms with Crippen molar-refractivity contribution in [2.24, 2.45) is 0 Å². The van der Waals surface area contributed by atoms with Gasteiger partial charge in [-0.25, -0.2) is 4.79 Å². The van der Waals surface area contributed by atoms with E-state index < -0.39 is 17.7 Å². The smallest absolute Gasteiger partial charge is 0.416 e. The van der Waals surface area contributed by atoms with Gasteiger partial charge in [0.2, 0.25) is 0 Å². The largest absolute Gasteiger partial charge is 0.493 e. The predicted octanol–water partition coefficient (Wildman–Crippen LogP) is 5.74. The van der Waals surface area contributed by atoms with Crippen LogP contribution in [0.2, 0.25) is 0 Å². The van der Waals surface area contributed by atoms with E-state index in [1.165, 1.54) is 17.0 Å². The third kappa shape index (κ3) is 6.04. The predicted molar refractivity (Wildman–Crippen MR) is 131 cm³/mol. The van der Waals surface area contributed by atoms with Crippen LogP contribution in [0.4, 0.5) is 18.9 Å². The Morgan fingerprint density at radius 3 is 2.49 bits per heavy atom. The number of alkyl halides is 3. The molecule has 6 nitrogen and oxygen atoms in total. The fourth-order valence-electron chi connectivity index (χ4n) is 4.10. The number of nitrogens with zero attached hydrogens (tertiary/aromatic N) is 1. The summed E-state index contributed by atoms with van der Waals surface area (Å²) < 4.78 is 55.1. The molecule has 0 saturated carbocycles. The van der Waals surface area contributed by atoms with E-state index in [1.54, 1.807) is 31.2 Å². The second-order valence-corrected chi connectivity index (χ2v) is 8.50. The number of esters is 1. The Morgan fingerprint density at radius 2 is 1.78 bits per heavy atom. The number of amides is 1. The van der Waals surface area contributed by atoms with Crippen LogP contribution in [-0.4, -0.2) is 31.7 Å². The molecule has 194 valence electrons. The highest BCUT2D eigenvalue weighted by atomic mass is 19.4. The molecule has 3 aromatic carbocycles. The van der Waals surface area contributed by atoms with Gasteiger partial charge < -0.3 is 19.1 Å². The minimum atomic E-state index is -4.44. The number of hydrogen-bond acceptors (Lipinski definition) is 5. The number of hydrogen-bond donors (Lipinski definition) is 0.